The third-order valence-corrected chi connectivity index (χ3v) is 3.79. The molecule has 0 aromatic carbocycles. The molecular formula is C15H27NO2. The molecule has 2 rings (SSSR count). The van der Waals surface area contributed by atoms with Gasteiger partial charge < -0.3 is 9.84 Å². The fraction of sp³-hybridized carbons (Fsp3) is 0.867. The second kappa shape index (κ2) is 6.18. The summed E-state index contributed by atoms with van der Waals surface area (Å²) in [6, 6.07) is 0.617. The van der Waals surface area contributed by atoms with E-state index in [0.717, 1.165) is 25.8 Å². The van der Waals surface area contributed by atoms with Gasteiger partial charge in [0, 0.05) is 12.6 Å². The molecule has 0 spiro atoms. The van der Waals surface area contributed by atoms with Gasteiger partial charge in [-0.2, -0.15) is 0 Å². The normalized spacial score (nSPS) is 30.6. The summed E-state index contributed by atoms with van der Waals surface area (Å²) in [5.41, 5.74) is 1.36. The zero-order chi connectivity index (χ0) is 13.1. The first kappa shape index (κ1) is 14.0. The molecule has 104 valence electrons. The van der Waals surface area contributed by atoms with Gasteiger partial charge in [0.1, 0.15) is 6.23 Å². The Morgan fingerprint density at radius 2 is 1.94 bits per heavy atom. The molecule has 3 heteroatoms. The number of rotatable bonds is 5. The van der Waals surface area contributed by atoms with Crippen molar-refractivity contribution in [3.8, 4) is 0 Å². The van der Waals surface area contributed by atoms with E-state index in [2.05, 4.69) is 31.7 Å². The summed E-state index contributed by atoms with van der Waals surface area (Å²) in [6.07, 6.45) is 7.77. The summed E-state index contributed by atoms with van der Waals surface area (Å²) in [6.45, 7) is 7.40. The van der Waals surface area contributed by atoms with Gasteiger partial charge >= 0.3 is 0 Å². The second-order valence-corrected chi connectivity index (χ2v) is 5.87. The molecule has 1 aliphatic heterocycles. The monoisotopic (exact) mass is 253 g/mol. The van der Waals surface area contributed by atoms with Gasteiger partial charge in [0.2, 0.25) is 0 Å². The van der Waals surface area contributed by atoms with Crippen LogP contribution in [-0.2, 0) is 4.74 Å². The second-order valence-electron chi connectivity index (χ2n) is 5.87. The van der Waals surface area contributed by atoms with E-state index in [9.17, 15) is 5.11 Å². The van der Waals surface area contributed by atoms with Crippen molar-refractivity contribution in [1.82, 2.24) is 4.90 Å². The van der Waals surface area contributed by atoms with Crippen molar-refractivity contribution in [3.63, 3.8) is 0 Å². The molecule has 18 heavy (non-hydrogen) atoms. The maximum Gasteiger partial charge on any atom is 0.127 e. The van der Waals surface area contributed by atoms with E-state index >= 15 is 0 Å². The Kier molecular flexibility index (Phi) is 4.82. The average molecular weight is 253 g/mol. The van der Waals surface area contributed by atoms with Crippen LogP contribution in [0.5, 0.6) is 0 Å². The highest BCUT2D eigenvalue weighted by Crippen LogP contribution is 2.30. The van der Waals surface area contributed by atoms with E-state index in [-0.39, 0.29) is 12.2 Å². The molecular weight excluding hydrogens is 226 g/mol. The first-order chi connectivity index (χ1) is 8.60. The highest BCUT2D eigenvalue weighted by molar-refractivity contribution is 5.10. The van der Waals surface area contributed by atoms with Crippen molar-refractivity contribution in [2.45, 2.75) is 77.4 Å². The van der Waals surface area contributed by atoms with Crippen LogP contribution in [0, 0.1) is 0 Å². The maximum absolute atomic E-state index is 10.4. The molecule has 0 radical (unpaired) electrons. The van der Waals surface area contributed by atoms with Gasteiger partial charge in [0.15, 0.2) is 0 Å². The number of hydrogen-bond donors (Lipinski definition) is 1. The molecule has 3 nitrogen and oxygen atoms in total. The van der Waals surface area contributed by atoms with Crippen molar-refractivity contribution < 1.29 is 9.84 Å². The first-order valence-corrected chi connectivity index (χ1v) is 7.39. The summed E-state index contributed by atoms with van der Waals surface area (Å²) in [4.78, 5) is 2.25. The Labute approximate surface area is 111 Å². The molecule has 0 aromatic heterocycles. The van der Waals surface area contributed by atoms with Crippen molar-refractivity contribution in [2.24, 2.45) is 0 Å². The largest absolute Gasteiger partial charge is 0.375 e. The van der Waals surface area contributed by atoms with Crippen LogP contribution >= 0.6 is 0 Å². The van der Waals surface area contributed by atoms with Crippen molar-refractivity contribution in [3.05, 3.63) is 11.6 Å². The number of aliphatic hydroxyl groups is 1. The van der Waals surface area contributed by atoms with Crippen LogP contribution in [0.25, 0.3) is 0 Å². The Bertz CT molecular complexity index is 287. The molecule has 0 aromatic rings. The Hall–Kier alpha value is -0.380. The topological polar surface area (TPSA) is 32.7 Å². The van der Waals surface area contributed by atoms with Gasteiger partial charge in [0.05, 0.1) is 12.2 Å². The maximum atomic E-state index is 10.4. The molecule has 1 heterocycles. The fourth-order valence-corrected chi connectivity index (χ4v) is 2.95. The van der Waals surface area contributed by atoms with Crippen LogP contribution in [0.3, 0.4) is 0 Å². The molecule has 1 N–H and O–H groups in total. The highest BCUT2D eigenvalue weighted by atomic mass is 16.5. The average Bonchev–Trinajstić information content (AvgIpc) is 3.07. The fourth-order valence-electron chi connectivity index (χ4n) is 2.95. The summed E-state index contributed by atoms with van der Waals surface area (Å²) >= 11 is 0. The van der Waals surface area contributed by atoms with Crippen LogP contribution in [0.1, 0.15) is 52.9 Å². The van der Waals surface area contributed by atoms with E-state index < -0.39 is 6.23 Å². The number of aliphatic hydroxyl groups excluding tert-OH is 1. The van der Waals surface area contributed by atoms with E-state index in [1.807, 2.05) is 0 Å². The lowest BCUT2D eigenvalue weighted by Gasteiger charge is -2.30. The van der Waals surface area contributed by atoms with Gasteiger partial charge in [-0.3, -0.25) is 4.90 Å². The lowest BCUT2D eigenvalue weighted by molar-refractivity contribution is -0.0128. The molecule has 3 atom stereocenters. The number of nitrogens with zero attached hydrogens (tertiary/aromatic N) is 1. The molecule has 3 unspecified atom stereocenters. The Morgan fingerprint density at radius 1 is 1.33 bits per heavy atom. The SMILES string of the molecule is CCCN(C(O)C=C1CC(C)OC(C)C1)C1CC1. The van der Waals surface area contributed by atoms with Gasteiger partial charge in [-0.05, 0) is 52.0 Å². The minimum Gasteiger partial charge on any atom is -0.375 e. The minimum absolute atomic E-state index is 0.285. The van der Waals surface area contributed by atoms with Crippen molar-refractivity contribution >= 4 is 0 Å². The van der Waals surface area contributed by atoms with E-state index in [0.29, 0.717) is 6.04 Å². The van der Waals surface area contributed by atoms with Crippen LogP contribution in [0.4, 0.5) is 0 Å². The third-order valence-electron chi connectivity index (χ3n) is 3.79. The molecule has 1 aliphatic carbocycles. The van der Waals surface area contributed by atoms with E-state index in [4.69, 9.17) is 4.74 Å². The zero-order valence-corrected chi connectivity index (χ0v) is 11.9. The van der Waals surface area contributed by atoms with Crippen molar-refractivity contribution in [2.75, 3.05) is 6.54 Å². The molecule has 0 bridgehead atoms. The predicted octanol–water partition coefficient (Wildman–Crippen LogP) is 2.69. The number of ether oxygens (including phenoxy) is 1. The Morgan fingerprint density at radius 3 is 2.44 bits per heavy atom. The van der Waals surface area contributed by atoms with E-state index in [1.165, 1.54) is 18.4 Å². The van der Waals surface area contributed by atoms with Gasteiger partial charge in [-0.1, -0.05) is 12.5 Å². The predicted molar refractivity (Wildman–Crippen MR) is 73.4 cm³/mol. The highest BCUT2D eigenvalue weighted by Gasteiger charge is 2.32. The third kappa shape index (κ3) is 3.81. The summed E-state index contributed by atoms with van der Waals surface area (Å²) in [5.74, 6) is 0. The van der Waals surface area contributed by atoms with Gasteiger partial charge in [-0.15, -0.1) is 0 Å². The molecule has 1 saturated heterocycles. The standard InChI is InChI=1S/C15H27NO2/c1-4-7-16(14-5-6-14)15(17)10-13-8-11(2)18-12(3)9-13/h10-12,14-15,17H,4-9H2,1-3H3. The first-order valence-electron chi connectivity index (χ1n) is 7.39. The van der Waals surface area contributed by atoms with Crippen LogP contribution in [-0.4, -0.2) is 41.0 Å². The molecule has 2 fully saturated rings. The summed E-state index contributed by atoms with van der Waals surface area (Å²) in [5, 5.41) is 10.4. The smallest absolute Gasteiger partial charge is 0.127 e. The van der Waals surface area contributed by atoms with Crippen LogP contribution in [0.2, 0.25) is 0 Å². The van der Waals surface area contributed by atoms with Gasteiger partial charge in [-0.25, -0.2) is 0 Å². The summed E-state index contributed by atoms with van der Waals surface area (Å²) < 4.78 is 5.73. The molecule has 2 aliphatic rings. The molecule has 1 saturated carbocycles. The minimum atomic E-state index is -0.398. The van der Waals surface area contributed by atoms with Crippen molar-refractivity contribution in [1.29, 1.82) is 0 Å². The number of hydrogen-bond acceptors (Lipinski definition) is 3. The quantitative estimate of drug-likeness (QED) is 0.604. The zero-order valence-electron chi connectivity index (χ0n) is 11.9. The van der Waals surface area contributed by atoms with Crippen LogP contribution < -0.4 is 0 Å². The van der Waals surface area contributed by atoms with Gasteiger partial charge in [0.25, 0.3) is 0 Å². The van der Waals surface area contributed by atoms with Crippen LogP contribution in [0.15, 0.2) is 11.6 Å². The van der Waals surface area contributed by atoms with E-state index in [1.54, 1.807) is 0 Å². The lowest BCUT2D eigenvalue weighted by atomic mass is 9.98. The Balaban J connectivity index is 1.96. The molecule has 0 amide bonds. The summed E-state index contributed by atoms with van der Waals surface area (Å²) in [7, 11) is 0. The lowest BCUT2D eigenvalue weighted by Crippen LogP contribution is -2.37.